The van der Waals surface area contributed by atoms with Gasteiger partial charge in [0, 0.05) is 9.04 Å². The lowest BCUT2D eigenvalue weighted by molar-refractivity contribution is 0.112. The Bertz CT molecular complexity index is 380. The van der Waals surface area contributed by atoms with Crippen LogP contribution < -0.4 is 4.52 Å². The van der Waals surface area contributed by atoms with Crippen LogP contribution in [0.25, 0.3) is 0 Å². The van der Waals surface area contributed by atoms with Crippen molar-refractivity contribution in [3.63, 3.8) is 0 Å². The molecule has 4 nitrogen and oxygen atoms in total. The van der Waals surface area contributed by atoms with Gasteiger partial charge in [-0.2, -0.15) is 0 Å². The lowest BCUT2D eigenvalue weighted by Crippen LogP contribution is -1.88. The van der Waals surface area contributed by atoms with Crippen molar-refractivity contribution >= 4 is 30.5 Å². The van der Waals surface area contributed by atoms with Crippen molar-refractivity contribution in [3.05, 3.63) is 28.2 Å². The molecule has 0 radical (unpaired) electrons. The van der Waals surface area contributed by atoms with Crippen molar-refractivity contribution in [1.82, 2.24) is 0 Å². The second kappa shape index (κ2) is 9.28. The summed E-state index contributed by atoms with van der Waals surface area (Å²) in [7, 11) is -2.73. The Morgan fingerprint density at radius 1 is 1.41 bits per heavy atom. The van der Waals surface area contributed by atoms with Crippen LogP contribution >= 0.6 is 24.2 Å². The summed E-state index contributed by atoms with van der Waals surface area (Å²) in [4.78, 5) is 18.9. The fourth-order valence-electron chi connectivity index (χ4n) is 0.779. The van der Waals surface area contributed by atoms with Crippen molar-refractivity contribution in [2.24, 2.45) is 0 Å². The molecule has 1 aromatic carbocycles. The number of hydrogen-bond donors (Lipinski definition) is 1. The third kappa shape index (κ3) is 7.21. The van der Waals surface area contributed by atoms with E-state index in [0.717, 1.165) is 0 Å². The summed E-state index contributed by atoms with van der Waals surface area (Å²) in [5.74, 6) is 0.0989. The highest BCUT2D eigenvalue weighted by molar-refractivity contribution is 9.10. The summed E-state index contributed by atoms with van der Waals surface area (Å²) < 4.78 is 15.5. The highest BCUT2D eigenvalue weighted by Gasteiger charge is 2.17. The van der Waals surface area contributed by atoms with Gasteiger partial charge in [-0.05, 0) is 18.2 Å². The highest BCUT2D eigenvalue weighted by Crippen LogP contribution is 2.28. The zero-order valence-electron chi connectivity index (χ0n) is 9.72. The smallest absolute Gasteiger partial charge is 0.298 e. The molecule has 0 saturated heterocycles. The molecule has 0 saturated carbocycles. The number of carbonyl (C=O) groups is 1. The lowest BCUT2D eigenvalue weighted by Gasteiger charge is -1.96. The molecular formula is C11H15BrO4P+. The zero-order valence-corrected chi connectivity index (χ0v) is 12.2. The van der Waals surface area contributed by atoms with Crippen molar-refractivity contribution < 1.29 is 18.8 Å². The van der Waals surface area contributed by atoms with Gasteiger partial charge in [0.25, 0.3) is 0 Å². The van der Waals surface area contributed by atoms with Gasteiger partial charge in [0.15, 0.2) is 6.29 Å². The van der Waals surface area contributed by atoms with E-state index < -0.39 is 8.25 Å². The Balaban J connectivity index is 0.000000557. The summed E-state index contributed by atoms with van der Waals surface area (Å²) in [6.45, 7) is 4.36. The monoisotopic (exact) mass is 321 g/mol. The number of carbonyl (C=O) groups excluding carboxylic acids is 1. The highest BCUT2D eigenvalue weighted by atomic mass is 79.9. The van der Waals surface area contributed by atoms with E-state index in [1.807, 2.05) is 0 Å². The molecule has 0 aromatic heterocycles. The fraction of sp³-hybridized carbons (Fsp3) is 0.364. The van der Waals surface area contributed by atoms with E-state index in [-0.39, 0.29) is 11.3 Å². The Kier molecular flexibility index (Phi) is 8.86. The summed E-state index contributed by atoms with van der Waals surface area (Å²) in [5.41, 5.74) is 0.228. The van der Waals surface area contributed by atoms with Crippen molar-refractivity contribution in [2.45, 2.75) is 26.7 Å². The molecule has 94 valence electrons. The Morgan fingerprint density at radius 3 is 2.41 bits per heavy atom. The van der Waals surface area contributed by atoms with Crippen LogP contribution in [0.3, 0.4) is 0 Å². The third-order valence-corrected chi connectivity index (χ3v) is 2.62. The van der Waals surface area contributed by atoms with Crippen LogP contribution in [-0.4, -0.2) is 11.2 Å². The largest absolute Gasteiger partial charge is 0.747 e. The fourth-order valence-corrected chi connectivity index (χ4v) is 1.49. The van der Waals surface area contributed by atoms with Crippen molar-refractivity contribution in [1.29, 1.82) is 0 Å². The van der Waals surface area contributed by atoms with Gasteiger partial charge in [0.2, 0.25) is 5.75 Å². The Labute approximate surface area is 110 Å². The topological polar surface area (TPSA) is 63.6 Å². The minimum Gasteiger partial charge on any atom is -0.298 e. The first kappa shape index (κ1) is 16.2. The summed E-state index contributed by atoms with van der Waals surface area (Å²) in [5, 5.41) is 0. The number of aldehydes is 1. The number of rotatable bonds is 4. The SMILES string of the molecule is CCCC.O=Cc1cc(Br)ccc1O[P+](=O)O. The minimum atomic E-state index is -2.73. The summed E-state index contributed by atoms with van der Waals surface area (Å²) >= 11 is 3.15. The summed E-state index contributed by atoms with van der Waals surface area (Å²) in [6.07, 6.45) is 3.19. The van der Waals surface area contributed by atoms with Gasteiger partial charge in [-0.3, -0.25) is 4.79 Å². The van der Waals surface area contributed by atoms with Gasteiger partial charge in [0.1, 0.15) is 0 Å². The van der Waals surface area contributed by atoms with Crippen molar-refractivity contribution in [2.75, 3.05) is 0 Å². The minimum absolute atomic E-state index is 0.0989. The van der Waals surface area contributed by atoms with Gasteiger partial charge < -0.3 is 0 Å². The van der Waals surface area contributed by atoms with E-state index in [4.69, 9.17) is 4.89 Å². The molecule has 0 aliphatic carbocycles. The standard InChI is InChI=1S/C7H4BrO4P.C4H10/c8-6-1-2-7(12-13(10)11)5(3-6)4-9;1-3-4-2/h1-4H;3-4H2,1-2H3/p+1. The molecule has 0 fully saturated rings. The number of benzene rings is 1. The number of halogens is 1. The molecule has 1 N–H and O–H groups in total. The molecule has 0 bridgehead atoms. The van der Waals surface area contributed by atoms with Crippen LogP contribution in [0.15, 0.2) is 22.7 Å². The van der Waals surface area contributed by atoms with E-state index in [1.54, 1.807) is 6.07 Å². The van der Waals surface area contributed by atoms with Gasteiger partial charge >= 0.3 is 8.25 Å². The van der Waals surface area contributed by atoms with Crippen LogP contribution in [0.5, 0.6) is 5.75 Å². The first-order chi connectivity index (χ1) is 8.04. The van der Waals surface area contributed by atoms with Crippen LogP contribution in [0, 0.1) is 0 Å². The van der Waals surface area contributed by atoms with Crippen LogP contribution in [0.2, 0.25) is 0 Å². The third-order valence-electron chi connectivity index (χ3n) is 1.78. The predicted octanol–water partition coefficient (Wildman–Crippen LogP) is 4.10. The molecule has 1 unspecified atom stereocenters. The zero-order chi connectivity index (χ0) is 13.3. The maximum Gasteiger partial charge on any atom is 0.747 e. The van der Waals surface area contributed by atoms with Gasteiger partial charge in [0.05, 0.1) is 5.56 Å². The molecule has 0 aliphatic rings. The molecule has 1 rings (SSSR count). The quantitative estimate of drug-likeness (QED) is 0.670. The van der Waals surface area contributed by atoms with Gasteiger partial charge in [-0.25, -0.2) is 4.52 Å². The molecule has 0 spiro atoms. The molecule has 17 heavy (non-hydrogen) atoms. The predicted molar refractivity (Wildman–Crippen MR) is 70.6 cm³/mol. The molecule has 1 atom stereocenters. The average molecular weight is 322 g/mol. The van der Waals surface area contributed by atoms with Gasteiger partial charge in [-0.1, -0.05) is 42.6 Å². The van der Waals surface area contributed by atoms with Crippen LogP contribution in [-0.2, 0) is 4.57 Å². The molecule has 0 aliphatic heterocycles. The normalized spacial score (nSPS) is 10.0. The van der Waals surface area contributed by atoms with E-state index in [2.05, 4.69) is 34.3 Å². The lowest BCUT2D eigenvalue weighted by atomic mass is 10.2. The van der Waals surface area contributed by atoms with Gasteiger partial charge in [-0.15, -0.1) is 4.89 Å². The first-order valence-corrected chi connectivity index (χ1v) is 7.06. The van der Waals surface area contributed by atoms with Crippen LogP contribution in [0.4, 0.5) is 0 Å². The van der Waals surface area contributed by atoms with E-state index in [9.17, 15) is 9.36 Å². The first-order valence-electron chi connectivity index (χ1n) is 5.13. The van der Waals surface area contributed by atoms with E-state index in [1.165, 1.54) is 25.0 Å². The van der Waals surface area contributed by atoms with Crippen LogP contribution in [0.1, 0.15) is 37.0 Å². The molecular weight excluding hydrogens is 307 g/mol. The average Bonchev–Trinajstić information content (AvgIpc) is 2.31. The maximum absolute atomic E-state index is 10.5. The molecule has 6 heteroatoms. The summed E-state index contributed by atoms with van der Waals surface area (Å²) in [6, 6.07) is 4.56. The van der Waals surface area contributed by atoms with Crippen molar-refractivity contribution in [3.8, 4) is 5.75 Å². The number of unbranched alkanes of at least 4 members (excludes halogenated alkanes) is 1. The Morgan fingerprint density at radius 2 is 2.00 bits per heavy atom. The second-order valence-electron chi connectivity index (χ2n) is 3.13. The molecule has 0 amide bonds. The second-order valence-corrected chi connectivity index (χ2v) is 4.70. The van der Waals surface area contributed by atoms with E-state index in [0.29, 0.717) is 10.8 Å². The number of hydrogen-bond acceptors (Lipinski definition) is 3. The molecule has 1 aromatic rings. The Hall–Kier alpha value is -0.770. The van der Waals surface area contributed by atoms with E-state index >= 15 is 0 Å². The maximum atomic E-state index is 10.5. The molecule has 0 heterocycles.